The van der Waals surface area contributed by atoms with Crippen LogP contribution in [0.4, 0.5) is 13.2 Å². The van der Waals surface area contributed by atoms with Crippen LogP contribution in [0.15, 0.2) is 0 Å². The Morgan fingerprint density at radius 3 is 2.44 bits per heavy atom. The molecule has 94 valence electrons. The monoisotopic (exact) mass is 239 g/mol. The van der Waals surface area contributed by atoms with Crippen molar-refractivity contribution in [2.45, 2.75) is 44.4 Å². The third-order valence-corrected chi connectivity index (χ3v) is 2.63. The molecular weight excluding hydrogens is 223 g/mol. The Hall–Kier alpha value is -0.780. The maximum absolute atomic E-state index is 12.3. The lowest BCUT2D eigenvalue weighted by Crippen LogP contribution is -2.42. The zero-order valence-electron chi connectivity index (χ0n) is 9.38. The summed E-state index contributed by atoms with van der Waals surface area (Å²) in [6.45, 7) is 0.677. The van der Waals surface area contributed by atoms with Crippen molar-refractivity contribution in [3.63, 3.8) is 0 Å². The van der Waals surface area contributed by atoms with Gasteiger partial charge in [0.25, 0.3) is 0 Å². The predicted octanol–water partition coefficient (Wildman–Crippen LogP) is 1.96. The third kappa shape index (κ3) is 4.38. The van der Waals surface area contributed by atoms with Crippen LogP contribution in [0.1, 0.15) is 26.2 Å². The van der Waals surface area contributed by atoms with E-state index < -0.39 is 24.7 Å². The molecule has 0 spiro atoms. The molecule has 1 aliphatic rings. The number of hydrogen-bond acceptors (Lipinski definition) is 3. The number of ether oxygens (including phenoxy) is 1. The molecule has 0 aromatic carbocycles. The van der Waals surface area contributed by atoms with Gasteiger partial charge in [-0.15, -0.1) is 0 Å². The number of rotatable bonds is 5. The quantitative estimate of drug-likeness (QED) is 0.687. The van der Waals surface area contributed by atoms with Gasteiger partial charge in [0, 0.05) is 12.1 Å². The molecule has 1 aliphatic carbocycles. The van der Waals surface area contributed by atoms with Crippen LogP contribution in [0.25, 0.3) is 0 Å². The fourth-order valence-corrected chi connectivity index (χ4v) is 1.70. The number of halogens is 3. The van der Waals surface area contributed by atoms with Crippen molar-refractivity contribution in [3.8, 4) is 0 Å². The van der Waals surface area contributed by atoms with Gasteiger partial charge >= 0.3 is 12.1 Å². The molecule has 0 radical (unpaired) electrons. The van der Waals surface area contributed by atoms with Crippen molar-refractivity contribution in [2.24, 2.45) is 0 Å². The van der Waals surface area contributed by atoms with E-state index in [1.54, 1.807) is 6.92 Å². The summed E-state index contributed by atoms with van der Waals surface area (Å²) >= 11 is 0. The zero-order valence-corrected chi connectivity index (χ0v) is 9.38. The van der Waals surface area contributed by atoms with Gasteiger partial charge in [0.1, 0.15) is 0 Å². The molecule has 0 N–H and O–H groups in total. The minimum absolute atomic E-state index is 0.00306. The van der Waals surface area contributed by atoms with E-state index in [9.17, 15) is 18.0 Å². The Morgan fingerprint density at radius 2 is 2.06 bits per heavy atom. The van der Waals surface area contributed by atoms with Gasteiger partial charge in [0.2, 0.25) is 0 Å². The number of esters is 1. The number of carbonyl (C=O) groups excluding carboxylic acids is 1. The second-order valence-electron chi connectivity index (χ2n) is 4.15. The normalized spacial score (nSPS) is 18.6. The summed E-state index contributed by atoms with van der Waals surface area (Å²) in [7, 11) is 1.24. The highest BCUT2D eigenvalue weighted by Gasteiger charge is 2.40. The van der Waals surface area contributed by atoms with Gasteiger partial charge in [-0.2, -0.15) is 13.2 Å². The molecule has 1 atom stereocenters. The first kappa shape index (κ1) is 13.3. The molecule has 1 fully saturated rings. The lowest BCUT2D eigenvalue weighted by Gasteiger charge is -2.29. The average molecular weight is 239 g/mol. The molecule has 6 heteroatoms. The molecule has 16 heavy (non-hydrogen) atoms. The molecule has 0 aromatic heterocycles. The van der Waals surface area contributed by atoms with Crippen molar-refractivity contribution < 1.29 is 22.7 Å². The van der Waals surface area contributed by atoms with Crippen LogP contribution in [0.2, 0.25) is 0 Å². The first-order valence-electron chi connectivity index (χ1n) is 5.23. The molecule has 0 heterocycles. The second kappa shape index (κ2) is 5.03. The Bertz CT molecular complexity index is 251. The van der Waals surface area contributed by atoms with Crippen molar-refractivity contribution in [3.05, 3.63) is 0 Å². The second-order valence-corrected chi connectivity index (χ2v) is 4.15. The van der Waals surface area contributed by atoms with Crippen LogP contribution in [0, 0.1) is 0 Å². The number of nitrogens with zero attached hydrogens (tertiary/aromatic N) is 1. The Morgan fingerprint density at radius 1 is 1.50 bits per heavy atom. The molecule has 0 amide bonds. The molecule has 0 aliphatic heterocycles. The highest BCUT2D eigenvalue weighted by Crippen LogP contribution is 2.32. The van der Waals surface area contributed by atoms with E-state index in [0.717, 1.165) is 12.8 Å². The molecule has 0 bridgehead atoms. The van der Waals surface area contributed by atoms with E-state index in [0.29, 0.717) is 0 Å². The summed E-state index contributed by atoms with van der Waals surface area (Å²) in [5.74, 6) is -0.472. The maximum atomic E-state index is 12.3. The number of hydrogen-bond donors (Lipinski definition) is 0. The third-order valence-electron chi connectivity index (χ3n) is 2.63. The largest absolute Gasteiger partial charge is 0.469 e. The highest BCUT2D eigenvalue weighted by atomic mass is 19.4. The van der Waals surface area contributed by atoms with Gasteiger partial charge in [-0.1, -0.05) is 0 Å². The van der Waals surface area contributed by atoms with E-state index in [1.807, 2.05) is 0 Å². The summed E-state index contributed by atoms with van der Waals surface area (Å²) in [6, 6.07) is -0.456. The van der Waals surface area contributed by atoms with Crippen LogP contribution in [0.3, 0.4) is 0 Å². The fraction of sp³-hybridized carbons (Fsp3) is 0.900. The lowest BCUT2D eigenvalue weighted by atomic mass is 10.2. The number of methoxy groups -OCH3 is 1. The van der Waals surface area contributed by atoms with Gasteiger partial charge in [0.05, 0.1) is 20.1 Å². The number of carbonyl (C=O) groups is 1. The highest BCUT2D eigenvalue weighted by molar-refractivity contribution is 5.69. The minimum atomic E-state index is -4.22. The van der Waals surface area contributed by atoms with Crippen LogP contribution >= 0.6 is 0 Å². The predicted molar refractivity (Wildman–Crippen MR) is 51.9 cm³/mol. The Labute approximate surface area is 92.5 Å². The standard InChI is InChI=1S/C10H16F3NO2/c1-7(5-9(15)16-2)14(8-3-4-8)6-10(11,12)13/h7-8H,3-6H2,1-2H3. The molecule has 1 unspecified atom stereocenters. The summed E-state index contributed by atoms with van der Waals surface area (Å²) in [4.78, 5) is 12.3. The van der Waals surface area contributed by atoms with E-state index >= 15 is 0 Å². The molecule has 0 aromatic rings. The number of alkyl halides is 3. The summed E-state index contributed by atoms with van der Waals surface area (Å²) < 4.78 is 41.4. The SMILES string of the molecule is COC(=O)CC(C)N(CC(F)(F)F)C1CC1. The minimum Gasteiger partial charge on any atom is -0.469 e. The molecule has 1 saturated carbocycles. The molecule has 3 nitrogen and oxygen atoms in total. The van der Waals surface area contributed by atoms with Crippen molar-refractivity contribution in [1.29, 1.82) is 0 Å². The smallest absolute Gasteiger partial charge is 0.401 e. The van der Waals surface area contributed by atoms with Crippen molar-refractivity contribution in [1.82, 2.24) is 4.90 Å². The van der Waals surface area contributed by atoms with Gasteiger partial charge in [0.15, 0.2) is 0 Å². The van der Waals surface area contributed by atoms with Gasteiger partial charge in [-0.05, 0) is 19.8 Å². The molecule has 0 saturated heterocycles. The summed E-state index contributed by atoms with van der Waals surface area (Å²) in [5, 5.41) is 0. The topological polar surface area (TPSA) is 29.5 Å². The van der Waals surface area contributed by atoms with Gasteiger partial charge in [-0.3, -0.25) is 9.69 Å². The van der Waals surface area contributed by atoms with Crippen LogP contribution in [-0.2, 0) is 9.53 Å². The van der Waals surface area contributed by atoms with Crippen molar-refractivity contribution in [2.75, 3.05) is 13.7 Å². The van der Waals surface area contributed by atoms with Crippen LogP contribution in [0.5, 0.6) is 0 Å². The Balaban J connectivity index is 2.52. The van der Waals surface area contributed by atoms with Crippen LogP contribution < -0.4 is 0 Å². The first-order chi connectivity index (χ1) is 7.33. The lowest BCUT2D eigenvalue weighted by molar-refractivity contribution is -0.156. The summed E-state index contributed by atoms with van der Waals surface area (Å²) in [5.41, 5.74) is 0. The molecule has 1 rings (SSSR count). The van der Waals surface area contributed by atoms with Crippen molar-refractivity contribution >= 4 is 5.97 Å². The molecular formula is C10H16F3NO2. The van der Waals surface area contributed by atoms with Gasteiger partial charge < -0.3 is 4.74 Å². The van der Waals surface area contributed by atoms with E-state index in [2.05, 4.69) is 4.74 Å². The maximum Gasteiger partial charge on any atom is 0.401 e. The van der Waals surface area contributed by atoms with E-state index in [-0.39, 0.29) is 12.5 Å². The summed E-state index contributed by atoms with van der Waals surface area (Å²) in [6.07, 6.45) is -2.65. The Kier molecular flexibility index (Phi) is 4.18. The average Bonchev–Trinajstić information content (AvgIpc) is 2.95. The first-order valence-corrected chi connectivity index (χ1v) is 5.23. The van der Waals surface area contributed by atoms with Crippen LogP contribution in [-0.4, -0.2) is 42.8 Å². The fourth-order valence-electron chi connectivity index (χ4n) is 1.70. The van der Waals surface area contributed by atoms with E-state index in [4.69, 9.17) is 0 Å². The zero-order chi connectivity index (χ0) is 12.3. The van der Waals surface area contributed by atoms with E-state index in [1.165, 1.54) is 12.0 Å². The van der Waals surface area contributed by atoms with Gasteiger partial charge in [-0.25, -0.2) is 0 Å².